The van der Waals surface area contributed by atoms with Crippen LogP contribution in [-0.2, 0) is 16.6 Å². The van der Waals surface area contributed by atoms with Gasteiger partial charge in [0.05, 0.1) is 17.0 Å². The molecule has 0 saturated heterocycles. The molecule has 0 bridgehead atoms. The molecule has 1 aromatic carbocycles. The molecule has 22 heavy (non-hydrogen) atoms. The Labute approximate surface area is 158 Å². The second-order valence-electron chi connectivity index (χ2n) is 7.09. The molecule has 0 spiro atoms. The third kappa shape index (κ3) is 7.64. The van der Waals surface area contributed by atoms with Crippen molar-refractivity contribution < 1.29 is 16.6 Å². The van der Waals surface area contributed by atoms with E-state index in [0.29, 0.717) is 0 Å². The predicted octanol–water partition coefficient (Wildman–Crippen LogP) is 7.22. The summed E-state index contributed by atoms with van der Waals surface area (Å²) in [6, 6.07) is 0. The standard InChI is InChI=1S/C10H15.C9H21P.BrH.Os/c1-6-7(2)9(4)10(5)8(6)3;1-7(2)10(8(3)4)9(5)6;;/h1-5H3;7-9H,1-6H3;1H;/q-1;;;+1. The van der Waals surface area contributed by atoms with E-state index in [1.54, 1.807) is 16.6 Å². The normalized spacial score (nSPS) is 10.8. The summed E-state index contributed by atoms with van der Waals surface area (Å²) in [5.41, 5.74) is 10.1. The van der Waals surface area contributed by atoms with Crippen LogP contribution in [-0.4, -0.2) is 17.0 Å². The van der Waals surface area contributed by atoms with Crippen LogP contribution in [0.25, 0.3) is 0 Å². The number of halogens is 1. The van der Waals surface area contributed by atoms with E-state index in [9.17, 15) is 0 Å². The van der Waals surface area contributed by atoms with E-state index in [1.807, 2.05) is 0 Å². The minimum absolute atomic E-state index is 0.0957. The summed E-state index contributed by atoms with van der Waals surface area (Å²) >= 11 is 4.64. The van der Waals surface area contributed by atoms with E-state index in [2.05, 4.69) is 89.7 Å². The molecule has 0 unspecified atom stereocenters. The van der Waals surface area contributed by atoms with Crippen LogP contribution in [0, 0.1) is 34.6 Å². The molecule has 0 radical (unpaired) electrons. The molecule has 0 fully saturated rings. The SMILES string of the molecule is CC(C)[PH+](C(C)C)C(C)C.Cc1c(C)c(C)[c-](C)c1C.[Br][Os]. The number of hydrogen-bond donors (Lipinski definition) is 0. The van der Waals surface area contributed by atoms with Crippen LogP contribution in [0.3, 0.4) is 0 Å². The second kappa shape index (κ2) is 12.3. The average Bonchev–Trinajstić information content (AvgIpc) is 2.58. The second-order valence-corrected chi connectivity index (χ2v) is 11.6. The topological polar surface area (TPSA) is 0 Å². The van der Waals surface area contributed by atoms with Crippen LogP contribution in [0.2, 0.25) is 0 Å². The van der Waals surface area contributed by atoms with Crippen molar-refractivity contribution in [3.8, 4) is 0 Å². The van der Waals surface area contributed by atoms with Gasteiger partial charge in [0.1, 0.15) is 0 Å². The zero-order valence-electron chi connectivity index (χ0n) is 16.5. The summed E-state index contributed by atoms with van der Waals surface area (Å²) in [6.07, 6.45) is 0. The van der Waals surface area contributed by atoms with Gasteiger partial charge in [-0.05, 0) is 41.5 Å². The molecular weight excluding hydrogens is 529 g/mol. The Morgan fingerprint density at radius 3 is 1.00 bits per heavy atom. The zero-order chi connectivity index (χ0) is 18.2. The van der Waals surface area contributed by atoms with Crippen molar-refractivity contribution in [1.82, 2.24) is 0 Å². The summed E-state index contributed by atoms with van der Waals surface area (Å²) in [6.45, 7) is 25.2. The molecule has 0 aliphatic carbocycles. The summed E-state index contributed by atoms with van der Waals surface area (Å²) in [5, 5.41) is 0. The first kappa shape index (κ1) is 25.1. The summed E-state index contributed by atoms with van der Waals surface area (Å²) in [4.78, 5) is 0. The van der Waals surface area contributed by atoms with Gasteiger partial charge in [-0.25, -0.2) is 0 Å². The quantitative estimate of drug-likeness (QED) is 0.268. The Morgan fingerprint density at radius 2 is 0.955 bits per heavy atom. The van der Waals surface area contributed by atoms with Crippen molar-refractivity contribution in [1.29, 1.82) is 0 Å². The van der Waals surface area contributed by atoms with Crippen LogP contribution < -0.4 is 0 Å². The van der Waals surface area contributed by atoms with Gasteiger partial charge in [0, 0.05) is 7.92 Å². The van der Waals surface area contributed by atoms with Gasteiger partial charge in [-0.3, -0.25) is 0 Å². The Morgan fingerprint density at radius 1 is 0.727 bits per heavy atom. The Kier molecular flexibility index (Phi) is 14.0. The maximum atomic E-state index is 2.97. The fourth-order valence-electron chi connectivity index (χ4n) is 3.41. The third-order valence-electron chi connectivity index (χ3n) is 4.81. The van der Waals surface area contributed by atoms with Gasteiger partial charge in [-0.15, -0.1) is 0 Å². The van der Waals surface area contributed by atoms with Crippen molar-refractivity contribution in [2.75, 3.05) is 0 Å². The molecule has 0 atom stereocenters. The Hall–Kier alpha value is 0.896. The molecule has 133 valence electrons. The number of hydrogen-bond acceptors (Lipinski definition) is 0. The zero-order valence-corrected chi connectivity index (χ0v) is 21.6. The first-order chi connectivity index (χ1) is 10.0. The summed E-state index contributed by atoms with van der Waals surface area (Å²) in [7, 11) is -0.0957. The van der Waals surface area contributed by atoms with E-state index < -0.39 is 0 Å². The molecule has 1 aromatic rings. The first-order valence-corrected chi connectivity index (χ1v) is 15.5. The molecule has 1 rings (SSSR count). The van der Waals surface area contributed by atoms with Crippen LogP contribution in [0.5, 0.6) is 0 Å². The van der Waals surface area contributed by atoms with Crippen molar-refractivity contribution in [2.45, 2.75) is 93.1 Å². The Balaban J connectivity index is 0. The van der Waals surface area contributed by atoms with Crippen LogP contribution in [0.4, 0.5) is 0 Å². The van der Waals surface area contributed by atoms with Crippen molar-refractivity contribution in [3.63, 3.8) is 0 Å². The van der Waals surface area contributed by atoms with Crippen LogP contribution in [0.15, 0.2) is 0 Å². The molecule has 0 saturated carbocycles. The minimum atomic E-state index is -0.0957. The maximum absolute atomic E-state index is 2.97. The Bertz CT molecular complexity index is 320. The molecule has 3 heteroatoms. The van der Waals surface area contributed by atoms with E-state index in [1.165, 1.54) is 27.8 Å². The van der Waals surface area contributed by atoms with Gasteiger partial charge >= 0.3 is 30.2 Å². The first-order valence-electron chi connectivity index (χ1n) is 8.21. The van der Waals surface area contributed by atoms with Crippen molar-refractivity contribution in [3.05, 3.63) is 27.8 Å². The monoisotopic (exact) mass is 567 g/mol. The van der Waals surface area contributed by atoms with Gasteiger partial charge < -0.3 is 0 Å². The molecule has 0 amide bonds. The van der Waals surface area contributed by atoms with Gasteiger partial charge in [0.15, 0.2) is 0 Å². The van der Waals surface area contributed by atoms with E-state index in [4.69, 9.17) is 0 Å². The molecule has 0 N–H and O–H groups in total. The van der Waals surface area contributed by atoms with E-state index in [0.717, 1.165) is 17.0 Å². The molecule has 0 aromatic heterocycles. The molecule has 0 aliphatic rings. The molecule has 0 heterocycles. The third-order valence-corrected chi connectivity index (χ3v) is 8.81. The summed E-state index contributed by atoms with van der Waals surface area (Å²) in [5.74, 6) is 0. The fourth-order valence-corrected chi connectivity index (χ4v) is 7.41. The van der Waals surface area contributed by atoms with Crippen molar-refractivity contribution >= 4 is 21.5 Å². The predicted molar refractivity (Wildman–Crippen MR) is 108 cm³/mol. The fraction of sp³-hybridized carbons (Fsp3) is 0.737. The average molecular weight is 567 g/mol. The molecule has 0 aliphatic heterocycles. The van der Waals surface area contributed by atoms with E-state index >= 15 is 0 Å². The summed E-state index contributed by atoms with van der Waals surface area (Å²) < 4.78 is 0. The van der Waals surface area contributed by atoms with Gasteiger partial charge in [-0.1, -0.05) is 34.6 Å². The van der Waals surface area contributed by atoms with Gasteiger partial charge in [-0.2, -0.15) is 27.8 Å². The van der Waals surface area contributed by atoms with Crippen LogP contribution >= 0.6 is 21.5 Å². The van der Waals surface area contributed by atoms with Gasteiger partial charge in [0.2, 0.25) is 0 Å². The van der Waals surface area contributed by atoms with Crippen LogP contribution in [0.1, 0.15) is 69.4 Å². The molecular formula is C19H37BrOsP. The van der Waals surface area contributed by atoms with Gasteiger partial charge in [0.25, 0.3) is 0 Å². The van der Waals surface area contributed by atoms with E-state index in [-0.39, 0.29) is 7.92 Å². The molecule has 0 nitrogen and oxygen atoms in total. The van der Waals surface area contributed by atoms with Crippen molar-refractivity contribution in [2.24, 2.45) is 0 Å². The number of rotatable bonds is 3.